The van der Waals surface area contributed by atoms with Gasteiger partial charge in [0, 0.05) is 25.2 Å². The van der Waals surface area contributed by atoms with Crippen molar-refractivity contribution < 1.29 is 9.72 Å². The fraction of sp³-hybridized carbons (Fsp3) is 0.500. The number of nitro groups is 1. The molecule has 6 nitrogen and oxygen atoms in total. The van der Waals surface area contributed by atoms with Gasteiger partial charge in [-0.1, -0.05) is 17.7 Å². The molecular weight excluding hydrogens is 294 g/mol. The molecule has 1 amide bonds. The van der Waals surface area contributed by atoms with Gasteiger partial charge in [0.15, 0.2) is 0 Å². The first-order chi connectivity index (χ1) is 9.82. The number of hydrogen-bond acceptors (Lipinski definition) is 4. The predicted octanol–water partition coefficient (Wildman–Crippen LogP) is 2.41. The predicted molar refractivity (Wildman–Crippen MR) is 80.7 cm³/mol. The molecule has 1 aromatic rings. The van der Waals surface area contributed by atoms with E-state index in [0.29, 0.717) is 13.1 Å². The molecule has 114 valence electrons. The van der Waals surface area contributed by atoms with Crippen molar-refractivity contribution in [1.82, 2.24) is 9.80 Å². The summed E-state index contributed by atoms with van der Waals surface area (Å²) in [5, 5.41) is 11.1. The van der Waals surface area contributed by atoms with Crippen molar-refractivity contribution in [1.29, 1.82) is 0 Å². The van der Waals surface area contributed by atoms with Crippen molar-refractivity contribution >= 4 is 23.2 Å². The van der Waals surface area contributed by atoms with E-state index in [-0.39, 0.29) is 34.3 Å². The lowest BCUT2D eigenvalue weighted by Gasteiger charge is -2.42. The van der Waals surface area contributed by atoms with Crippen LogP contribution in [0.1, 0.15) is 24.2 Å². The summed E-state index contributed by atoms with van der Waals surface area (Å²) < 4.78 is 0. The van der Waals surface area contributed by atoms with Crippen molar-refractivity contribution in [3.05, 3.63) is 38.9 Å². The minimum absolute atomic E-state index is 0.0129. The minimum atomic E-state index is -0.599. The molecule has 1 heterocycles. The lowest BCUT2D eigenvalue weighted by molar-refractivity contribution is -0.385. The van der Waals surface area contributed by atoms with E-state index < -0.39 is 4.92 Å². The SMILES string of the molecule is CC1CN(C(=O)c2cccc(Cl)c2[N+](=O)[O-])CC(C)N1C. The van der Waals surface area contributed by atoms with E-state index in [2.05, 4.69) is 4.90 Å². The van der Waals surface area contributed by atoms with E-state index in [4.69, 9.17) is 11.6 Å². The number of hydrogen-bond donors (Lipinski definition) is 0. The molecule has 1 saturated heterocycles. The van der Waals surface area contributed by atoms with Gasteiger partial charge in [0.1, 0.15) is 10.6 Å². The summed E-state index contributed by atoms with van der Waals surface area (Å²) in [4.78, 5) is 27.0. The molecule has 0 N–H and O–H groups in total. The number of nitrogens with zero attached hydrogens (tertiary/aromatic N) is 3. The molecule has 2 rings (SSSR count). The summed E-state index contributed by atoms with van der Waals surface area (Å²) in [7, 11) is 2.01. The van der Waals surface area contributed by atoms with E-state index >= 15 is 0 Å². The summed E-state index contributed by atoms with van der Waals surface area (Å²) in [6.45, 7) is 5.15. The van der Waals surface area contributed by atoms with Gasteiger partial charge in [0.05, 0.1) is 4.92 Å². The maximum absolute atomic E-state index is 12.6. The van der Waals surface area contributed by atoms with Crippen LogP contribution in [0.15, 0.2) is 18.2 Å². The van der Waals surface area contributed by atoms with Crippen LogP contribution in [0.4, 0.5) is 5.69 Å². The van der Waals surface area contributed by atoms with E-state index in [1.54, 1.807) is 11.0 Å². The Hall–Kier alpha value is -1.66. The Kier molecular flexibility index (Phi) is 4.49. The highest BCUT2D eigenvalue weighted by Gasteiger charge is 2.33. The average Bonchev–Trinajstić information content (AvgIpc) is 2.42. The Balaban J connectivity index is 2.33. The van der Waals surface area contributed by atoms with E-state index in [1.807, 2.05) is 20.9 Å². The number of carbonyl (C=O) groups is 1. The smallest absolute Gasteiger partial charge is 0.300 e. The maximum Gasteiger partial charge on any atom is 0.300 e. The average molecular weight is 312 g/mol. The number of carbonyl (C=O) groups excluding carboxylic acids is 1. The molecular formula is C14H18ClN3O3. The summed E-state index contributed by atoms with van der Waals surface area (Å²) in [5.41, 5.74) is -0.264. The third kappa shape index (κ3) is 3.01. The van der Waals surface area contributed by atoms with Crippen LogP contribution < -0.4 is 0 Å². The van der Waals surface area contributed by atoms with Gasteiger partial charge in [-0.15, -0.1) is 0 Å². The summed E-state index contributed by atoms with van der Waals surface area (Å²) in [6.07, 6.45) is 0. The number of amides is 1. The van der Waals surface area contributed by atoms with Crippen molar-refractivity contribution in [2.75, 3.05) is 20.1 Å². The second-order valence-electron chi connectivity index (χ2n) is 5.47. The first kappa shape index (κ1) is 15.7. The molecule has 0 spiro atoms. The topological polar surface area (TPSA) is 66.7 Å². The van der Waals surface area contributed by atoms with Crippen LogP contribution in [0, 0.1) is 10.1 Å². The molecule has 7 heteroatoms. The zero-order valence-corrected chi connectivity index (χ0v) is 13.0. The molecule has 0 aliphatic carbocycles. The van der Waals surface area contributed by atoms with E-state index in [9.17, 15) is 14.9 Å². The maximum atomic E-state index is 12.6. The van der Waals surface area contributed by atoms with Crippen molar-refractivity contribution in [3.63, 3.8) is 0 Å². The summed E-state index contributed by atoms with van der Waals surface area (Å²) in [5.74, 6) is -0.337. The number of likely N-dealkylation sites (N-methyl/N-ethyl adjacent to an activating group) is 1. The van der Waals surface area contributed by atoms with Gasteiger partial charge in [-0.25, -0.2) is 0 Å². The van der Waals surface area contributed by atoms with Crippen LogP contribution in [0.3, 0.4) is 0 Å². The van der Waals surface area contributed by atoms with Crippen molar-refractivity contribution in [2.24, 2.45) is 0 Å². The number of nitro benzene ring substituents is 1. The van der Waals surface area contributed by atoms with Crippen molar-refractivity contribution in [3.8, 4) is 0 Å². The molecule has 21 heavy (non-hydrogen) atoms. The van der Waals surface area contributed by atoms with Crippen LogP contribution >= 0.6 is 11.6 Å². The normalized spacial score (nSPS) is 23.1. The van der Waals surface area contributed by atoms with E-state index in [0.717, 1.165) is 0 Å². The number of benzene rings is 1. The lowest BCUT2D eigenvalue weighted by Crippen LogP contribution is -2.56. The van der Waals surface area contributed by atoms with Crippen molar-refractivity contribution in [2.45, 2.75) is 25.9 Å². The quantitative estimate of drug-likeness (QED) is 0.621. The number of halogens is 1. The zero-order chi connectivity index (χ0) is 15.7. The largest absolute Gasteiger partial charge is 0.335 e. The Morgan fingerprint density at radius 1 is 1.33 bits per heavy atom. The zero-order valence-electron chi connectivity index (χ0n) is 12.2. The molecule has 1 aliphatic rings. The Bertz CT molecular complexity index is 567. The molecule has 2 atom stereocenters. The first-order valence-corrected chi connectivity index (χ1v) is 7.14. The first-order valence-electron chi connectivity index (χ1n) is 6.77. The molecule has 0 radical (unpaired) electrons. The van der Waals surface area contributed by atoms with Gasteiger partial charge in [0.25, 0.3) is 5.91 Å². The van der Waals surface area contributed by atoms with Gasteiger partial charge in [0.2, 0.25) is 0 Å². The highest BCUT2D eigenvalue weighted by atomic mass is 35.5. The molecule has 2 unspecified atom stereocenters. The lowest BCUT2D eigenvalue weighted by atomic mass is 10.1. The fourth-order valence-electron chi connectivity index (χ4n) is 2.61. The fourth-order valence-corrected chi connectivity index (χ4v) is 2.86. The molecule has 1 aliphatic heterocycles. The molecule has 0 aromatic heterocycles. The highest BCUT2D eigenvalue weighted by Crippen LogP contribution is 2.29. The van der Waals surface area contributed by atoms with Gasteiger partial charge in [-0.2, -0.15) is 0 Å². The minimum Gasteiger partial charge on any atom is -0.335 e. The summed E-state index contributed by atoms with van der Waals surface area (Å²) in [6, 6.07) is 4.85. The molecule has 1 aromatic carbocycles. The van der Waals surface area contributed by atoms with Crippen LogP contribution in [-0.2, 0) is 0 Å². The monoisotopic (exact) mass is 311 g/mol. The van der Waals surface area contributed by atoms with Gasteiger partial charge in [-0.3, -0.25) is 19.8 Å². The second-order valence-corrected chi connectivity index (χ2v) is 5.87. The van der Waals surface area contributed by atoms with Crippen LogP contribution in [0.2, 0.25) is 5.02 Å². The van der Waals surface area contributed by atoms with Crippen LogP contribution in [0.25, 0.3) is 0 Å². The third-order valence-electron chi connectivity index (χ3n) is 4.05. The third-order valence-corrected chi connectivity index (χ3v) is 4.35. The Morgan fingerprint density at radius 3 is 2.43 bits per heavy atom. The van der Waals surface area contributed by atoms with Crippen LogP contribution in [0.5, 0.6) is 0 Å². The number of para-hydroxylation sites is 1. The summed E-state index contributed by atoms with van der Waals surface area (Å²) >= 11 is 5.87. The number of rotatable bonds is 2. The second kappa shape index (κ2) is 5.99. The Morgan fingerprint density at radius 2 is 1.90 bits per heavy atom. The molecule has 1 fully saturated rings. The van der Waals surface area contributed by atoms with Gasteiger partial charge < -0.3 is 4.90 Å². The molecule has 0 saturated carbocycles. The number of piperazine rings is 1. The standard InChI is InChI=1S/C14H18ClN3O3/c1-9-7-17(8-10(2)16(9)3)14(19)11-5-4-6-12(15)13(11)18(20)21/h4-6,9-10H,7-8H2,1-3H3. The Labute approximate surface area is 128 Å². The van der Waals surface area contributed by atoms with E-state index in [1.165, 1.54) is 12.1 Å². The van der Waals surface area contributed by atoms with Gasteiger partial charge >= 0.3 is 5.69 Å². The molecule has 0 bridgehead atoms. The van der Waals surface area contributed by atoms with Gasteiger partial charge in [-0.05, 0) is 33.0 Å². The highest BCUT2D eigenvalue weighted by molar-refractivity contribution is 6.33. The van der Waals surface area contributed by atoms with Crippen LogP contribution in [-0.4, -0.2) is 52.9 Å².